The number of hydrogen-bond acceptors (Lipinski definition) is 4. The largest absolute Gasteiger partial charge is 0.336 e. The van der Waals surface area contributed by atoms with E-state index in [0.29, 0.717) is 5.75 Å². The Morgan fingerprint density at radius 2 is 1.88 bits per heavy atom. The van der Waals surface area contributed by atoms with Crippen LogP contribution in [0.5, 0.6) is 0 Å². The van der Waals surface area contributed by atoms with Crippen LogP contribution in [-0.4, -0.2) is 36.1 Å². The van der Waals surface area contributed by atoms with Crippen LogP contribution in [0.2, 0.25) is 0 Å². The van der Waals surface area contributed by atoms with Gasteiger partial charge in [-0.1, -0.05) is 23.8 Å². The molecule has 1 aromatic carbocycles. The molecule has 6 heteroatoms. The van der Waals surface area contributed by atoms with Gasteiger partial charge in [-0.15, -0.1) is 23.1 Å². The summed E-state index contributed by atoms with van der Waals surface area (Å²) in [5.74, 6) is 0.107. The molecule has 24 heavy (non-hydrogen) atoms. The average molecular weight is 363 g/mol. The second-order valence-electron chi connectivity index (χ2n) is 5.79. The van der Waals surface area contributed by atoms with Gasteiger partial charge in [0.2, 0.25) is 11.8 Å². The highest BCUT2D eigenvalue weighted by atomic mass is 32.2. The highest BCUT2D eigenvalue weighted by molar-refractivity contribution is 8.01. The number of amides is 2. The zero-order valence-electron chi connectivity index (χ0n) is 14.4. The Morgan fingerprint density at radius 1 is 1.21 bits per heavy atom. The van der Waals surface area contributed by atoms with Crippen LogP contribution in [0.1, 0.15) is 16.7 Å². The maximum Gasteiger partial charge on any atom is 0.243 e. The van der Waals surface area contributed by atoms with E-state index < -0.39 is 0 Å². The van der Waals surface area contributed by atoms with E-state index in [0.717, 1.165) is 21.0 Å². The number of benzene rings is 1. The molecule has 0 bridgehead atoms. The zero-order chi connectivity index (χ0) is 17.7. The molecule has 0 spiro atoms. The van der Waals surface area contributed by atoms with Gasteiger partial charge in [-0.25, -0.2) is 0 Å². The van der Waals surface area contributed by atoms with Crippen molar-refractivity contribution >= 4 is 40.6 Å². The predicted octanol–water partition coefficient (Wildman–Crippen LogP) is 3.86. The van der Waals surface area contributed by atoms with E-state index in [1.165, 1.54) is 22.2 Å². The minimum atomic E-state index is -0.179. The van der Waals surface area contributed by atoms with Gasteiger partial charge in [-0.05, 0) is 43.3 Å². The number of aryl methyl sites for hydroxylation is 3. The van der Waals surface area contributed by atoms with Crippen molar-refractivity contribution in [3.63, 3.8) is 0 Å². The Kier molecular flexibility index (Phi) is 6.45. The zero-order valence-corrected chi connectivity index (χ0v) is 16.0. The van der Waals surface area contributed by atoms with Crippen molar-refractivity contribution in [1.29, 1.82) is 0 Å². The highest BCUT2D eigenvalue weighted by Gasteiger charge is 2.15. The van der Waals surface area contributed by atoms with Gasteiger partial charge in [0.15, 0.2) is 0 Å². The number of carbonyl (C=O) groups is 2. The van der Waals surface area contributed by atoms with Gasteiger partial charge in [-0.2, -0.15) is 0 Å². The van der Waals surface area contributed by atoms with Crippen molar-refractivity contribution in [3.05, 3.63) is 46.3 Å². The van der Waals surface area contributed by atoms with Gasteiger partial charge in [0.25, 0.3) is 0 Å². The van der Waals surface area contributed by atoms with Crippen molar-refractivity contribution in [3.8, 4) is 0 Å². The Labute approximate surface area is 151 Å². The SMILES string of the molecule is Cc1cc(C)c(NC(=O)CN(C)C(=O)CSc2cccs2)c(C)c1. The molecule has 1 N–H and O–H groups in total. The first-order valence-electron chi connectivity index (χ1n) is 7.65. The van der Waals surface area contributed by atoms with E-state index in [9.17, 15) is 9.59 Å². The predicted molar refractivity (Wildman–Crippen MR) is 102 cm³/mol. The van der Waals surface area contributed by atoms with E-state index in [1.807, 2.05) is 50.4 Å². The third kappa shape index (κ3) is 5.11. The first kappa shape index (κ1) is 18.5. The topological polar surface area (TPSA) is 49.4 Å². The molecule has 2 aromatic rings. The van der Waals surface area contributed by atoms with Crippen molar-refractivity contribution < 1.29 is 9.59 Å². The summed E-state index contributed by atoms with van der Waals surface area (Å²) in [4.78, 5) is 25.8. The smallest absolute Gasteiger partial charge is 0.243 e. The molecule has 128 valence electrons. The summed E-state index contributed by atoms with van der Waals surface area (Å²) in [5, 5.41) is 4.91. The van der Waals surface area contributed by atoms with Crippen LogP contribution < -0.4 is 5.32 Å². The first-order valence-corrected chi connectivity index (χ1v) is 9.51. The Hall–Kier alpha value is -1.79. The van der Waals surface area contributed by atoms with Crippen LogP contribution in [-0.2, 0) is 9.59 Å². The maximum atomic E-state index is 12.2. The van der Waals surface area contributed by atoms with Gasteiger partial charge in [-0.3, -0.25) is 9.59 Å². The molecule has 0 radical (unpaired) electrons. The lowest BCUT2D eigenvalue weighted by atomic mass is 10.1. The normalized spacial score (nSPS) is 10.5. The van der Waals surface area contributed by atoms with Gasteiger partial charge >= 0.3 is 0 Å². The molecule has 0 aliphatic rings. The number of anilines is 1. The van der Waals surface area contributed by atoms with Crippen LogP contribution in [0.25, 0.3) is 0 Å². The van der Waals surface area contributed by atoms with Crippen LogP contribution in [0.3, 0.4) is 0 Å². The lowest BCUT2D eigenvalue weighted by molar-refractivity contribution is -0.131. The third-order valence-corrected chi connectivity index (χ3v) is 5.70. The maximum absolute atomic E-state index is 12.2. The molecule has 0 saturated heterocycles. The van der Waals surface area contributed by atoms with E-state index in [2.05, 4.69) is 5.32 Å². The number of rotatable bonds is 6. The molecule has 2 amide bonds. The number of nitrogens with one attached hydrogen (secondary N) is 1. The van der Waals surface area contributed by atoms with E-state index in [-0.39, 0.29) is 18.4 Å². The minimum absolute atomic E-state index is 0.0522. The first-order chi connectivity index (χ1) is 11.4. The monoisotopic (exact) mass is 362 g/mol. The number of likely N-dealkylation sites (N-methyl/N-ethyl adjacent to an activating group) is 1. The van der Waals surface area contributed by atoms with Gasteiger partial charge < -0.3 is 10.2 Å². The lowest BCUT2D eigenvalue weighted by Crippen LogP contribution is -2.36. The molecule has 4 nitrogen and oxygen atoms in total. The number of thioether (sulfide) groups is 1. The van der Waals surface area contributed by atoms with Crippen LogP contribution >= 0.6 is 23.1 Å². The number of hydrogen-bond donors (Lipinski definition) is 1. The Morgan fingerprint density at radius 3 is 2.46 bits per heavy atom. The quantitative estimate of drug-likeness (QED) is 0.794. The molecule has 0 saturated carbocycles. The summed E-state index contributed by atoms with van der Waals surface area (Å²) in [5.41, 5.74) is 4.06. The third-order valence-electron chi connectivity index (χ3n) is 3.58. The molecule has 0 fully saturated rings. The fourth-order valence-corrected chi connectivity index (χ4v) is 4.17. The van der Waals surface area contributed by atoms with Crippen molar-refractivity contribution in [2.24, 2.45) is 0 Å². The summed E-state index contributed by atoms with van der Waals surface area (Å²) in [6, 6.07) is 8.02. The van der Waals surface area contributed by atoms with E-state index >= 15 is 0 Å². The van der Waals surface area contributed by atoms with Crippen LogP contribution in [0.4, 0.5) is 5.69 Å². The summed E-state index contributed by atoms with van der Waals surface area (Å²) in [7, 11) is 1.66. The number of thiophene rings is 1. The van der Waals surface area contributed by atoms with Gasteiger partial charge in [0.05, 0.1) is 16.5 Å². The molecule has 0 aliphatic heterocycles. The molecular weight excluding hydrogens is 340 g/mol. The summed E-state index contributed by atoms with van der Waals surface area (Å²) in [6.45, 7) is 6.03. The summed E-state index contributed by atoms with van der Waals surface area (Å²) >= 11 is 3.11. The molecular formula is C18H22N2O2S2. The van der Waals surface area contributed by atoms with E-state index in [4.69, 9.17) is 0 Å². The van der Waals surface area contributed by atoms with Crippen LogP contribution in [0, 0.1) is 20.8 Å². The molecule has 1 aromatic heterocycles. The fraction of sp³-hybridized carbons (Fsp3) is 0.333. The Bertz CT molecular complexity index is 704. The standard InChI is InChI=1S/C18H22N2O2S2/c1-12-8-13(2)18(14(3)9-12)19-15(21)10-20(4)16(22)11-24-17-6-5-7-23-17/h5-9H,10-11H2,1-4H3,(H,19,21). The van der Waals surface area contributed by atoms with Crippen molar-refractivity contribution in [1.82, 2.24) is 4.90 Å². The molecule has 0 unspecified atom stereocenters. The van der Waals surface area contributed by atoms with Gasteiger partial charge in [0.1, 0.15) is 0 Å². The summed E-state index contributed by atoms with van der Waals surface area (Å²) in [6.07, 6.45) is 0. The average Bonchev–Trinajstić information content (AvgIpc) is 3.01. The van der Waals surface area contributed by atoms with Crippen LogP contribution in [0.15, 0.2) is 33.9 Å². The molecule has 1 heterocycles. The number of nitrogens with zero attached hydrogens (tertiary/aromatic N) is 1. The molecule has 0 aliphatic carbocycles. The van der Waals surface area contributed by atoms with Gasteiger partial charge in [0, 0.05) is 12.7 Å². The second kappa shape index (κ2) is 8.35. The molecule has 2 rings (SSSR count). The van der Waals surface area contributed by atoms with Crippen molar-refractivity contribution in [2.75, 3.05) is 24.7 Å². The Balaban J connectivity index is 1.88. The summed E-state index contributed by atoms with van der Waals surface area (Å²) < 4.78 is 1.10. The number of carbonyl (C=O) groups excluding carboxylic acids is 2. The minimum Gasteiger partial charge on any atom is -0.336 e. The second-order valence-corrected chi connectivity index (χ2v) is 8.02. The van der Waals surface area contributed by atoms with E-state index in [1.54, 1.807) is 18.4 Å². The fourth-order valence-electron chi connectivity index (χ4n) is 2.45. The highest BCUT2D eigenvalue weighted by Crippen LogP contribution is 2.24. The molecule has 0 atom stereocenters. The van der Waals surface area contributed by atoms with Crippen molar-refractivity contribution in [2.45, 2.75) is 25.0 Å². The lowest BCUT2D eigenvalue weighted by Gasteiger charge is -2.18.